The molecule has 0 radical (unpaired) electrons. The van der Waals surface area contributed by atoms with Crippen LogP contribution in [0.1, 0.15) is 25.8 Å². The molecule has 0 saturated carbocycles. The van der Waals surface area contributed by atoms with E-state index < -0.39 is 5.97 Å². The summed E-state index contributed by atoms with van der Waals surface area (Å²) in [6.45, 7) is 4.01. The van der Waals surface area contributed by atoms with Gasteiger partial charge in [0.1, 0.15) is 11.5 Å². The molecule has 0 amide bonds. The average molecular weight is 371 g/mol. The number of hydrogen-bond acceptors (Lipinski definition) is 4. The molecule has 0 bridgehead atoms. The first kappa shape index (κ1) is 19.2. The lowest BCUT2D eigenvalue weighted by molar-refractivity contribution is -0.137. The zero-order valence-electron chi connectivity index (χ0n) is 15.9. The van der Waals surface area contributed by atoms with E-state index in [-0.39, 0.29) is 0 Å². The Balaban J connectivity index is 2.11. The van der Waals surface area contributed by atoms with E-state index in [0.29, 0.717) is 30.1 Å². The van der Waals surface area contributed by atoms with Gasteiger partial charge in [0.05, 0.1) is 24.3 Å². The maximum Gasteiger partial charge on any atom is 0.334 e. The van der Waals surface area contributed by atoms with Gasteiger partial charge in [-0.25, -0.2) is 4.79 Å². The van der Waals surface area contributed by atoms with Crippen LogP contribution in [0.4, 0.5) is 0 Å². The zero-order chi connectivity index (χ0) is 19.9. The third kappa shape index (κ3) is 4.21. The third-order valence-electron chi connectivity index (χ3n) is 4.35. The highest BCUT2D eigenvalue weighted by Gasteiger charge is 2.13. The molecule has 4 nitrogen and oxygen atoms in total. The molecule has 0 aliphatic carbocycles. The second-order valence-electron chi connectivity index (χ2n) is 6.17. The van der Waals surface area contributed by atoms with Gasteiger partial charge in [-0.1, -0.05) is 49.4 Å². The Hall–Kier alpha value is -3.58. The molecule has 0 aromatic heterocycles. The Morgan fingerprint density at radius 2 is 1.79 bits per heavy atom. The van der Waals surface area contributed by atoms with E-state index in [0.717, 1.165) is 21.9 Å². The van der Waals surface area contributed by atoms with Crippen molar-refractivity contribution in [2.45, 2.75) is 20.3 Å². The van der Waals surface area contributed by atoms with Gasteiger partial charge in [-0.15, -0.1) is 0 Å². The van der Waals surface area contributed by atoms with Crippen LogP contribution >= 0.6 is 0 Å². The molecule has 140 valence electrons. The van der Waals surface area contributed by atoms with Gasteiger partial charge >= 0.3 is 5.97 Å². The summed E-state index contributed by atoms with van der Waals surface area (Å²) >= 11 is 0. The number of nitriles is 1. The van der Waals surface area contributed by atoms with Crippen molar-refractivity contribution in [2.75, 3.05) is 6.61 Å². The Morgan fingerprint density at radius 1 is 1.04 bits per heavy atom. The van der Waals surface area contributed by atoms with Gasteiger partial charge in [0, 0.05) is 12.0 Å². The second kappa shape index (κ2) is 8.88. The summed E-state index contributed by atoms with van der Waals surface area (Å²) in [6.07, 6.45) is 1.94. The molecule has 0 aliphatic rings. The molecule has 28 heavy (non-hydrogen) atoms. The number of fused-ring (bicyclic) bond motifs is 1. The number of benzene rings is 3. The van der Waals surface area contributed by atoms with Gasteiger partial charge in [0.25, 0.3) is 0 Å². The Morgan fingerprint density at radius 3 is 2.46 bits per heavy atom. The van der Waals surface area contributed by atoms with Crippen molar-refractivity contribution >= 4 is 16.7 Å². The molecular weight excluding hydrogens is 350 g/mol. The van der Waals surface area contributed by atoms with E-state index in [1.54, 1.807) is 19.1 Å². The SMILES string of the molecule is CCOC(=O)/C=C(\CC)Oc1ccc2ccccc2c1-c1ccc(C#N)cc1. The van der Waals surface area contributed by atoms with Crippen molar-refractivity contribution in [1.29, 1.82) is 5.26 Å². The van der Waals surface area contributed by atoms with Crippen LogP contribution in [0, 0.1) is 11.3 Å². The molecule has 3 rings (SSSR count). The molecule has 0 fully saturated rings. The normalized spacial score (nSPS) is 11.1. The quantitative estimate of drug-likeness (QED) is 0.321. The predicted molar refractivity (Wildman–Crippen MR) is 110 cm³/mol. The third-order valence-corrected chi connectivity index (χ3v) is 4.35. The van der Waals surface area contributed by atoms with Gasteiger partial charge in [0.2, 0.25) is 0 Å². The lowest BCUT2D eigenvalue weighted by Crippen LogP contribution is -2.04. The highest BCUT2D eigenvalue weighted by atomic mass is 16.5. The number of esters is 1. The highest BCUT2D eigenvalue weighted by molar-refractivity contribution is 6.00. The molecule has 0 atom stereocenters. The predicted octanol–water partition coefficient (Wildman–Crippen LogP) is 5.61. The molecule has 3 aromatic rings. The summed E-state index contributed by atoms with van der Waals surface area (Å²) in [4.78, 5) is 11.8. The fraction of sp³-hybridized carbons (Fsp3) is 0.167. The first-order valence-corrected chi connectivity index (χ1v) is 9.23. The van der Waals surface area contributed by atoms with Gasteiger partial charge < -0.3 is 9.47 Å². The van der Waals surface area contributed by atoms with Crippen LogP contribution in [0.2, 0.25) is 0 Å². The average Bonchev–Trinajstić information content (AvgIpc) is 2.73. The van der Waals surface area contributed by atoms with Crippen LogP contribution in [0.3, 0.4) is 0 Å². The molecule has 0 unspecified atom stereocenters. The van der Waals surface area contributed by atoms with E-state index >= 15 is 0 Å². The van der Waals surface area contributed by atoms with Gasteiger partial charge in [-0.2, -0.15) is 5.26 Å². The second-order valence-corrected chi connectivity index (χ2v) is 6.17. The fourth-order valence-corrected chi connectivity index (χ4v) is 3.01. The monoisotopic (exact) mass is 371 g/mol. The maximum absolute atomic E-state index is 11.8. The standard InChI is InChI=1S/C24H21NO3/c1-3-20(15-23(26)27-4-2)28-22-14-13-18-7-5-6-8-21(18)24(22)19-11-9-17(16-25)10-12-19/h5-15H,3-4H2,1-2H3/b20-15+. The summed E-state index contributed by atoms with van der Waals surface area (Å²) in [6, 6.07) is 21.5. The van der Waals surface area contributed by atoms with Crippen LogP contribution in [0.25, 0.3) is 21.9 Å². The topological polar surface area (TPSA) is 59.3 Å². The Kier molecular flexibility index (Phi) is 6.08. The fourth-order valence-electron chi connectivity index (χ4n) is 3.01. The largest absolute Gasteiger partial charge is 0.463 e. The minimum atomic E-state index is -0.417. The lowest BCUT2D eigenvalue weighted by Gasteiger charge is -2.16. The van der Waals surface area contributed by atoms with Crippen molar-refractivity contribution in [1.82, 2.24) is 0 Å². The van der Waals surface area contributed by atoms with Gasteiger partial charge in [0.15, 0.2) is 0 Å². The van der Waals surface area contributed by atoms with Crippen LogP contribution in [-0.2, 0) is 9.53 Å². The van der Waals surface area contributed by atoms with Crippen molar-refractivity contribution in [3.63, 3.8) is 0 Å². The summed E-state index contributed by atoms with van der Waals surface area (Å²) < 4.78 is 11.1. The van der Waals surface area contributed by atoms with Crippen LogP contribution < -0.4 is 4.74 Å². The van der Waals surface area contributed by atoms with E-state index in [9.17, 15) is 4.79 Å². The number of rotatable bonds is 6. The number of ether oxygens (including phenoxy) is 2. The Labute approximate surface area is 164 Å². The number of allylic oxidation sites excluding steroid dienone is 1. The number of nitrogens with zero attached hydrogens (tertiary/aromatic N) is 1. The van der Waals surface area contributed by atoms with Gasteiger partial charge in [-0.3, -0.25) is 0 Å². The molecule has 0 heterocycles. The van der Waals surface area contributed by atoms with Crippen LogP contribution in [-0.4, -0.2) is 12.6 Å². The van der Waals surface area contributed by atoms with E-state index in [4.69, 9.17) is 14.7 Å². The lowest BCUT2D eigenvalue weighted by atomic mass is 9.96. The first-order valence-electron chi connectivity index (χ1n) is 9.23. The van der Waals surface area contributed by atoms with Crippen molar-refractivity contribution in [3.8, 4) is 22.9 Å². The van der Waals surface area contributed by atoms with Crippen molar-refractivity contribution in [2.24, 2.45) is 0 Å². The molecule has 0 saturated heterocycles. The zero-order valence-corrected chi connectivity index (χ0v) is 15.9. The van der Waals surface area contributed by atoms with Crippen molar-refractivity contribution in [3.05, 3.63) is 78.1 Å². The summed E-state index contributed by atoms with van der Waals surface area (Å²) in [7, 11) is 0. The highest BCUT2D eigenvalue weighted by Crippen LogP contribution is 2.38. The van der Waals surface area contributed by atoms with E-state index in [1.807, 2.05) is 55.5 Å². The molecule has 0 N–H and O–H groups in total. The van der Waals surface area contributed by atoms with Crippen molar-refractivity contribution < 1.29 is 14.3 Å². The van der Waals surface area contributed by atoms with E-state index in [2.05, 4.69) is 6.07 Å². The number of carbonyl (C=O) groups is 1. The Bertz CT molecular complexity index is 1060. The first-order chi connectivity index (χ1) is 13.7. The summed E-state index contributed by atoms with van der Waals surface area (Å²) in [5.41, 5.74) is 2.46. The minimum Gasteiger partial charge on any atom is -0.463 e. The molecule has 4 heteroatoms. The molecule has 0 spiro atoms. The minimum absolute atomic E-state index is 0.318. The van der Waals surface area contributed by atoms with E-state index in [1.165, 1.54) is 6.08 Å². The number of hydrogen-bond donors (Lipinski definition) is 0. The van der Waals surface area contributed by atoms with Gasteiger partial charge in [-0.05, 0) is 41.5 Å². The molecule has 3 aromatic carbocycles. The summed E-state index contributed by atoms with van der Waals surface area (Å²) in [5.74, 6) is 0.768. The maximum atomic E-state index is 11.8. The molecular formula is C24H21NO3. The van der Waals surface area contributed by atoms with Crippen LogP contribution in [0.15, 0.2) is 72.5 Å². The molecule has 0 aliphatic heterocycles. The van der Waals surface area contributed by atoms with Crippen LogP contribution in [0.5, 0.6) is 5.75 Å². The summed E-state index contributed by atoms with van der Waals surface area (Å²) in [5, 5.41) is 11.2. The number of carbonyl (C=O) groups excluding carboxylic acids is 1. The smallest absolute Gasteiger partial charge is 0.334 e.